The number of anilines is 1. The van der Waals surface area contributed by atoms with E-state index < -0.39 is 11.7 Å². The van der Waals surface area contributed by atoms with Crippen molar-refractivity contribution in [1.82, 2.24) is 0 Å². The summed E-state index contributed by atoms with van der Waals surface area (Å²) in [5, 5.41) is 11.7. The molecule has 0 saturated heterocycles. The highest BCUT2D eigenvalue weighted by atomic mass is 79.9. The van der Waals surface area contributed by atoms with Crippen LogP contribution in [-0.4, -0.2) is 11.7 Å². The largest absolute Gasteiger partial charge is 0.507 e. The molecule has 0 bridgehead atoms. The van der Waals surface area contributed by atoms with E-state index in [1.54, 1.807) is 18.2 Å². The molecule has 0 saturated carbocycles. The molecule has 2 heterocycles. The molecule has 29 heavy (non-hydrogen) atoms. The maximum absolute atomic E-state index is 13.0. The minimum absolute atomic E-state index is 0.0133. The minimum Gasteiger partial charge on any atom is -0.507 e. The molecule has 0 aliphatic carbocycles. The summed E-state index contributed by atoms with van der Waals surface area (Å²) in [6.07, 6.45) is 0.864. The fourth-order valence-electron chi connectivity index (χ4n) is 4.18. The monoisotopic (exact) mass is 447 g/mol. The van der Waals surface area contributed by atoms with Crippen molar-refractivity contribution < 1.29 is 9.52 Å². The van der Waals surface area contributed by atoms with Crippen LogP contribution in [0.5, 0.6) is 5.75 Å². The summed E-state index contributed by atoms with van der Waals surface area (Å²) in [5.74, 6) is -0.0133. The number of hydrogen-bond donors (Lipinski definition) is 1. The number of aromatic hydroxyl groups is 1. The SMILES string of the molecule is O=c1oc2ccccc2c(O)c1C1c2ccccc2CCN1c1ccc(Br)cc1. The van der Waals surface area contributed by atoms with Gasteiger partial charge in [-0.25, -0.2) is 4.79 Å². The van der Waals surface area contributed by atoms with Gasteiger partial charge in [0.25, 0.3) is 0 Å². The van der Waals surface area contributed by atoms with Gasteiger partial charge in [-0.2, -0.15) is 0 Å². The molecule has 1 N–H and O–H groups in total. The fraction of sp³-hybridized carbons (Fsp3) is 0.125. The molecule has 4 nitrogen and oxygen atoms in total. The first kappa shape index (κ1) is 18.0. The fourth-order valence-corrected chi connectivity index (χ4v) is 4.44. The van der Waals surface area contributed by atoms with Crippen LogP contribution >= 0.6 is 15.9 Å². The Hall–Kier alpha value is -3.05. The number of para-hydroxylation sites is 1. The molecule has 1 aliphatic rings. The molecular formula is C24H18BrNO3. The van der Waals surface area contributed by atoms with Crippen LogP contribution in [0.15, 0.2) is 86.5 Å². The molecule has 0 spiro atoms. The van der Waals surface area contributed by atoms with Gasteiger partial charge in [0, 0.05) is 16.7 Å². The van der Waals surface area contributed by atoms with Gasteiger partial charge in [0.15, 0.2) is 0 Å². The van der Waals surface area contributed by atoms with Crippen molar-refractivity contribution in [3.8, 4) is 5.75 Å². The Bertz CT molecular complexity index is 1260. The first-order chi connectivity index (χ1) is 14.1. The van der Waals surface area contributed by atoms with E-state index in [4.69, 9.17) is 4.42 Å². The second-order valence-electron chi connectivity index (χ2n) is 7.17. The Kier molecular flexibility index (Phi) is 4.40. The van der Waals surface area contributed by atoms with Gasteiger partial charge < -0.3 is 14.4 Å². The Morgan fingerprint density at radius 1 is 0.966 bits per heavy atom. The predicted octanol–water partition coefficient (Wildman–Crippen LogP) is 5.41. The zero-order chi connectivity index (χ0) is 20.0. The molecule has 5 heteroatoms. The molecule has 1 unspecified atom stereocenters. The number of nitrogens with zero attached hydrogens (tertiary/aromatic N) is 1. The molecule has 5 rings (SSSR count). The van der Waals surface area contributed by atoms with Gasteiger partial charge in [0.2, 0.25) is 0 Å². The standard InChI is InChI=1S/C24H18BrNO3/c25-16-9-11-17(12-10-16)26-14-13-15-5-1-2-6-18(15)22(26)21-23(27)19-7-3-4-8-20(19)29-24(21)28/h1-12,22,27H,13-14H2. The number of hydrogen-bond acceptors (Lipinski definition) is 4. The van der Waals surface area contributed by atoms with Gasteiger partial charge in [0.05, 0.1) is 11.4 Å². The van der Waals surface area contributed by atoms with Crippen LogP contribution in [0.2, 0.25) is 0 Å². The Labute approximate surface area is 176 Å². The molecule has 3 aromatic carbocycles. The lowest BCUT2D eigenvalue weighted by molar-refractivity contribution is 0.446. The summed E-state index contributed by atoms with van der Waals surface area (Å²) in [6, 6.07) is 22.7. The van der Waals surface area contributed by atoms with Crippen LogP contribution in [-0.2, 0) is 6.42 Å². The summed E-state index contributed by atoms with van der Waals surface area (Å²) in [4.78, 5) is 15.2. The smallest absolute Gasteiger partial charge is 0.345 e. The third-order valence-electron chi connectivity index (χ3n) is 5.53. The van der Waals surface area contributed by atoms with Crippen molar-refractivity contribution in [3.63, 3.8) is 0 Å². The van der Waals surface area contributed by atoms with Gasteiger partial charge in [-0.3, -0.25) is 0 Å². The number of benzene rings is 3. The molecule has 144 valence electrons. The average Bonchev–Trinajstić information content (AvgIpc) is 2.74. The molecule has 0 radical (unpaired) electrons. The first-order valence-corrected chi connectivity index (χ1v) is 10.3. The summed E-state index contributed by atoms with van der Waals surface area (Å²) in [6.45, 7) is 0.731. The lowest BCUT2D eigenvalue weighted by atomic mass is 9.87. The molecule has 1 atom stereocenters. The lowest BCUT2D eigenvalue weighted by Crippen LogP contribution is -2.38. The quantitative estimate of drug-likeness (QED) is 0.417. The lowest BCUT2D eigenvalue weighted by Gasteiger charge is -2.39. The summed E-state index contributed by atoms with van der Waals surface area (Å²) in [7, 11) is 0. The van der Waals surface area contributed by atoms with Crippen molar-refractivity contribution in [2.45, 2.75) is 12.5 Å². The van der Waals surface area contributed by atoms with Gasteiger partial charge in [-0.15, -0.1) is 0 Å². The van der Waals surface area contributed by atoms with Crippen molar-refractivity contribution in [2.75, 3.05) is 11.4 Å². The molecular weight excluding hydrogens is 430 g/mol. The van der Waals surface area contributed by atoms with Crippen molar-refractivity contribution >= 4 is 32.6 Å². The van der Waals surface area contributed by atoms with Crippen molar-refractivity contribution in [3.05, 3.63) is 104 Å². The van der Waals surface area contributed by atoms with E-state index in [0.29, 0.717) is 11.0 Å². The normalized spacial score (nSPS) is 16.0. The van der Waals surface area contributed by atoms with E-state index in [1.165, 1.54) is 5.56 Å². The van der Waals surface area contributed by atoms with Gasteiger partial charge in [-0.1, -0.05) is 52.3 Å². The second-order valence-corrected chi connectivity index (χ2v) is 8.08. The van der Waals surface area contributed by atoms with Crippen LogP contribution in [0.3, 0.4) is 0 Å². The van der Waals surface area contributed by atoms with Crippen molar-refractivity contribution in [2.24, 2.45) is 0 Å². The van der Waals surface area contributed by atoms with Crippen LogP contribution in [0, 0.1) is 0 Å². The second kappa shape index (κ2) is 7.08. The maximum atomic E-state index is 13.0. The summed E-state index contributed by atoms with van der Waals surface area (Å²) >= 11 is 3.48. The Morgan fingerprint density at radius 3 is 2.52 bits per heavy atom. The average molecular weight is 448 g/mol. The van der Waals surface area contributed by atoms with E-state index in [2.05, 4.69) is 26.9 Å². The van der Waals surface area contributed by atoms with E-state index in [1.807, 2.05) is 48.5 Å². The molecule has 0 fully saturated rings. The highest BCUT2D eigenvalue weighted by molar-refractivity contribution is 9.10. The summed E-state index contributed by atoms with van der Waals surface area (Å²) < 4.78 is 6.58. The molecule has 1 aliphatic heterocycles. The summed E-state index contributed by atoms with van der Waals surface area (Å²) in [5.41, 5.74) is 3.33. The highest BCUT2D eigenvalue weighted by Gasteiger charge is 2.34. The van der Waals surface area contributed by atoms with Crippen molar-refractivity contribution in [1.29, 1.82) is 0 Å². The zero-order valence-electron chi connectivity index (χ0n) is 15.5. The van der Waals surface area contributed by atoms with Gasteiger partial charge in [0.1, 0.15) is 16.9 Å². The van der Waals surface area contributed by atoms with Gasteiger partial charge in [-0.05, 0) is 53.9 Å². The molecule has 1 aromatic heterocycles. The van der Waals surface area contributed by atoms with Gasteiger partial charge >= 0.3 is 5.63 Å². The highest BCUT2D eigenvalue weighted by Crippen LogP contribution is 2.42. The van der Waals surface area contributed by atoms with Crippen LogP contribution in [0.25, 0.3) is 11.0 Å². The maximum Gasteiger partial charge on any atom is 0.345 e. The topological polar surface area (TPSA) is 53.7 Å². The van der Waals surface area contributed by atoms with Crippen LogP contribution in [0.4, 0.5) is 5.69 Å². The number of halogens is 1. The van der Waals surface area contributed by atoms with E-state index in [-0.39, 0.29) is 11.3 Å². The Balaban J connectivity index is 1.78. The predicted molar refractivity (Wildman–Crippen MR) is 118 cm³/mol. The molecule has 4 aromatic rings. The minimum atomic E-state index is -0.509. The van der Waals surface area contributed by atoms with E-state index >= 15 is 0 Å². The van der Waals surface area contributed by atoms with E-state index in [9.17, 15) is 9.90 Å². The first-order valence-electron chi connectivity index (χ1n) is 9.48. The van der Waals surface area contributed by atoms with Crippen LogP contribution in [0.1, 0.15) is 22.7 Å². The van der Waals surface area contributed by atoms with E-state index in [0.717, 1.165) is 28.7 Å². The number of rotatable bonds is 2. The number of fused-ring (bicyclic) bond motifs is 2. The van der Waals surface area contributed by atoms with Crippen LogP contribution < -0.4 is 10.5 Å². The Morgan fingerprint density at radius 2 is 1.69 bits per heavy atom. The third-order valence-corrected chi connectivity index (χ3v) is 6.06. The zero-order valence-corrected chi connectivity index (χ0v) is 17.1. The molecule has 0 amide bonds. The third kappa shape index (κ3) is 3.02.